The quantitative estimate of drug-likeness (QED) is 0.570. The van der Waals surface area contributed by atoms with Crippen LogP contribution in [0.5, 0.6) is 0 Å². The van der Waals surface area contributed by atoms with Crippen LogP contribution in [-0.4, -0.2) is 26.1 Å². The van der Waals surface area contributed by atoms with Gasteiger partial charge < -0.3 is 9.82 Å². The molecular formula is C15H10N4O2. The fraction of sp³-hybridized carbons (Fsp3) is 0. The maximum atomic E-state index is 12.2. The van der Waals surface area contributed by atoms with Crippen LogP contribution in [0.3, 0.4) is 0 Å². The summed E-state index contributed by atoms with van der Waals surface area (Å²) in [6.45, 7) is 0. The number of H-pyrrole nitrogens is 1. The number of hydrogen-bond acceptors (Lipinski definition) is 4. The fourth-order valence-electron chi connectivity index (χ4n) is 2.23. The van der Waals surface area contributed by atoms with Gasteiger partial charge in [-0.1, -0.05) is 35.2 Å². The molecule has 0 spiro atoms. The average molecular weight is 278 g/mol. The van der Waals surface area contributed by atoms with E-state index < -0.39 is 5.97 Å². The van der Waals surface area contributed by atoms with Crippen molar-refractivity contribution in [1.82, 2.24) is 20.1 Å². The molecule has 2 heterocycles. The van der Waals surface area contributed by atoms with Crippen molar-refractivity contribution in [3.63, 3.8) is 0 Å². The topological polar surface area (TPSA) is 72.8 Å². The van der Waals surface area contributed by atoms with Crippen molar-refractivity contribution in [2.24, 2.45) is 0 Å². The van der Waals surface area contributed by atoms with E-state index in [1.165, 1.54) is 0 Å². The Kier molecular flexibility index (Phi) is 2.47. The van der Waals surface area contributed by atoms with Crippen molar-refractivity contribution in [3.8, 4) is 0 Å². The number of aromatic amines is 1. The number of carbonyl (C=O) groups is 1. The molecule has 0 amide bonds. The first kappa shape index (κ1) is 11.7. The van der Waals surface area contributed by atoms with Crippen molar-refractivity contribution in [2.75, 3.05) is 0 Å². The smallest absolute Gasteiger partial charge is 0.349 e. The van der Waals surface area contributed by atoms with E-state index in [2.05, 4.69) is 15.3 Å². The minimum atomic E-state index is -0.512. The summed E-state index contributed by atoms with van der Waals surface area (Å²) >= 11 is 0. The molecule has 6 heteroatoms. The average Bonchev–Trinajstić information content (AvgIpc) is 3.11. The molecule has 0 saturated heterocycles. The lowest BCUT2D eigenvalue weighted by molar-refractivity contribution is 0.0403. The lowest BCUT2D eigenvalue weighted by atomic mass is 10.2. The Morgan fingerprint density at radius 3 is 2.81 bits per heavy atom. The molecule has 21 heavy (non-hydrogen) atoms. The van der Waals surface area contributed by atoms with Gasteiger partial charge in [0.25, 0.3) is 0 Å². The molecule has 6 nitrogen and oxygen atoms in total. The normalized spacial score (nSPS) is 11.0. The van der Waals surface area contributed by atoms with Gasteiger partial charge in [-0.05, 0) is 29.5 Å². The molecule has 4 aromatic rings. The van der Waals surface area contributed by atoms with Crippen molar-refractivity contribution < 1.29 is 9.63 Å². The number of aromatic nitrogens is 4. The number of nitrogens with zero attached hydrogens (tertiary/aromatic N) is 3. The number of rotatable bonds is 2. The Labute approximate surface area is 118 Å². The second kappa shape index (κ2) is 4.45. The summed E-state index contributed by atoms with van der Waals surface area (Å²) in [4.78, 5) is 21.6. The molecule has 0 unspecified atom stereocenters. The van der Waals surface area contributed by atoms with Crippen LogP contribution in [0.25, 0.3) is 21.9 Å². The fourth-order valence-corrected chi connectivity index (χ4v) is 2.23. The zero-order valence-electron chi connectivity index (χ0n) is 10.9. The zero-order valence-corrected chi connectivity index (χ0v) is 10.9. The summed E-state index contributed by atoms with van der Waals surface area (Å²) in [7, 11) is 0. The van der Waals surface area contributed by atoms with Crippen molar-refractivity contribution in [3.05, 3.63) is 60.3 Å². The maximum absolute atomic E-state index is 12.2. The molecular weight excluding hydrogens is 268 g/mol. The van der Waals surface area contributed by atoms with Crippen molar-refractivity contribution >= 4 is 27.9 Å². The summed E-state index contributed by atoms with van der Waals surface area (Å²) in [6, 6.07) is 16.7. The van der Waals surface area contributed by atoms with Crippen LogP contribution in [0.15, 0.2) is 54.6 Å². The van der Waals surface area contributed by atoms with Gasteiger partial charge in [-0.25, -0.2) is 4.79 Å². The summed E-state index contributed by atoms with van der Waals surface area (Å²) in [6.07, 6.45) is 0. The van der Waals surface area contributed by atoms with Crippen LogP contribution in [0.1, 0.15) is 10.5 Å². The highest BCUT2D eigenvalue weighted by Crippen LogP contribution is 2.15. The Morgan fingerprint density at radius 2 is 1.90 bits per heavy atom. The van der Waals surface area contributed by atoms with E-state index in [9.17, 15) is 4.79 Å². The largest absolute Gasteiger partial charge is 0.381 e. The highest BCUT2D eigenvalue weighted by atomic mass is 16.7. The van der Waals surface area contributed by atoms with E-state index in [1.807, 2.05) is 36.4 Å². The standard InChI is InChI=1S/C15H10N4O2/c20-15(13-9-10-5-1-2-6-11(10)16-13)21-19-14-8-4-3-7-12(14)17-18-19/h1-9,16H. The van der Waals surface area contributed by atoms with E-state index in [-0.39, 0.29) is 0 Å². The summed E-state index contributed by atoms with van der Waals surface area (Å²) in [5, 5.41) is 8.71. The third kappa shape index (κ3) is 1.93. The molecule has 0 aliphatic heterocycles. The molecule has 1 N–H and O–H groups in total. The lowest BCUT2D eigenvalue weighted by Crippen LogP contribution is -2.21. The highest BCUT2D eigenvalue weighted by Gasteiger charge is 2.14. The minimum Gasteiger partial charge on any atom is -0.349 e. The lowest BCUT2D eigenvalue weighted by Gasteiger charge is -2.01. The molecule has 2 aromatic heterocycles. The minimum absolute atomic E-state index is 0.371. The Balaban J connectivity index is 1.69. The predicted molar refractivity (Wildman–Crippen MR) is 76.7 cm³/mol. The van der Waals surface area contributed by atoms with Crippen LogP contribution in [0.2, 0.25) is 0 Å². The van der Waals surface area contributed by atoms with Gasteiger partial charge in [0.2, 0.25) is 0 Å². The molecule has 0 atom stereocenters. The molecule has 0 aliphatic rings. The van der Waals surface area contributed by atoms with Gasteiger partial charge in [0.05, 0.1) is 0 Å². The van der Waals surface area contributed by atoms with Gasteiger partial charge in [0.15, 0.2) is 0 Å². The second-order valence-electron chi connectivity index (χ2n) is 4.60. The SMILES string of the molecule is O=C(On1nnc2ccccc21)c1cc2ccccc2[nH]1. The van der Waals surface area contributed by atoms with Gasteiger partial charge >= 0.3 is 5.97 Å². The van der Waals surface area contributed by atoms with E-state index in [4.69, 9.17) is 4.84 Å². The summed E-state index contributed by atoms with van der Waals surface area (Å²) < 4.78 is 0. The van der Waals surface area contributed by atoms with Gasteiger partial charge in [-0.3, -0.25) is 0 Å². The van der Waals surface area contributed by atoms with Crippen LogP contribution in [0.4, 0.5) is 0 Å². The number of carbonyl (C=O) groups excluding carboxylic acids is 1. The molecule has 4 rings (SSSR count). The Morgan fingerprint density at radius 1 is 1.10 bits per heavy atom. The monoisotopic (exact) mass is 278 g/mol. The highest BCUT2D eigenvalue weighted by molar-refractivity contribution is 5.95. The van der Waals surface area contributed by atoms with Crippen LogP contribution in [-0.2, 0) is 0 Å². The number of para-hydroxylation sites is 2. The van der Waals surface area contributed by atoms with E-state index in [0.717, 1.165) is 15.7 Å². The molecule has 0 aliphatic carbocycles. The van der Waals surface area contributed by atoms with Crippen LogP contribution in [0, 0.1) is 0 Å². The first-order valence-electron chi connectivity index (χ1n) is 6.42. The van der Waals surface area contributed by atoms with E-state index >= 15 is 0 Å². The van der Waals surface area contributed by atoms with Crippen LogP contribution < -0.4 is 4.84 Å². The van der Waals surface area contributed by atoms with Gasteiger partial charge in [-0.2, -0.15) is 0 Å². The Bertz CT molecular complexity index is 921. The maximum Gasteiger partial charge on any atom is 0.381 e. The molecule has 0 bridgehead atoms. The molecule has 0 saturated carbocycles. The number of benzene rings is 2. The van der Waals surface area contributed by atoms with Gasteiger partial charge in [-0.15, -0.1) is 5.10 Å². The summed E-state index contributed by atoms with van der Waals surface area (Å²) in [5.74, 6) is -0.512. The zero-order chi connectivity index (χ0) is 14.2. The number of nitrogens with one attached hydrogen (secondary N) is 1. The number of hydrogen-bond donors (Lipinski definition) is 1. The predicted octanol–water partition coefficient (Wildman–Crippen LogP) is 2.18. The Hall–Kier alpha value is -3.15. The molecule has 0 fully saturated rings. The molecule has 0 radical (unpaired) electrons. The van der Waals surface area contributed by atoms with E-state index in [0.29, 0.717) is 16.7 Å². The van der Waals surface area contributed by atoms with E-state index in [1.54, 1.807) is 18.2 Å². The third-order valence-electron chi connectivity index (χ3n) is 3.24. The third-order valence-corrected chi connectivity index (χ3v) is 3.24. The first-order chi connectivity index (χ1) is 10.3. The molecule has 102 valence electrons. The van der Waals surface area contributed by atoms with Crippen molar-refractivity contribution in [1.29, 1.82) is 0 Å². The van der Waals surface area contributed by atoms with Crippen LogP contribution >= 0.6 is 0 Å². The molecule has 2 aromatic carbocycles. The second-order valence-corrected chi connectivity index (χ2v) is 4.60. The summed E-state index contributed by atoms with van der Waals surface area (Å²) in [5.41, 5.74) is 2.56. The van der Waals surface area contributed by atoms with Gasteiger partial charge in [0, 0.05) is 10.9 Å². The van der Waals surface area contributed by atoms with Gasteiger partial charge in [0.1, 0.15) is 16.7 Å². The first-order valence-corrected chi connectivity index (χ1v) is 6.42. The number of fused-ring (bicyclic) bond motifs is 2. The van der Waals surface area contributed by atoms with Crippen molar-refractivity contribution in [2.45, 2.75) is 0 Å².